The van der Waals surface area contributed by atoms with Crippen LogP contribution in [0.15, 0.2) is 0 Å². The first-order chi connectivity index (χ1) is 9.25. The lowest BCUT2D eigenvalue weighted by Crippen LogP contribution is -2.41. The fourth-order valence-corrected chi connectivity index (χ4v) is 3.51. The molecule has 3 heteroatoms. The average Bonchev–Trinajstić information content (AvgIpc) is 2.45. The van der Waals surface area contributed by atoms with Gasteiger partial charge in [-0.2, -0.15) is 0 Å². The van der Waals surface area contributed by atoms with E-state index in [4.69, 9.17) is 0 Å². The van der Waals surface area contributed by atoms with Crippen molar-refractivity contribution in [1.29, 1.82) is 0 Å². The minimum Gasteiger partial charge on any atom is -0.314 e. The van der Waals surface area contributed by atoms with Crippen molar-refractivity contribution in [3.63, 3.8) is 0 Å². The van der Waals surface area contributed by atoms with E-state index in [0.29, 0.717) is 6.04 Å². The highest BCUT2D eigenvalue weighted by atomic mass is 15.1. The Kier molecular flexibility index (Phi) is 6.62. The van der Waals surface area contributed by atoms with Crippen molar-refractivity contribution >= 4 is 0 Å². The van der Waals surface area contributed by atoms with Crippen LogP contribution in [0.2, 0.25) is 0 Å². The van der Waals surface area contributed by atoms with Gasteiger partial charge in [-0.05, 0) is 91.3 Å². The molecule has 0 radical (unpaired) electrons. The Hall–Kier alpha value is -0.120. The molecule has 0 aromatic carbocycles. The minimum absolute atomic E-state index is 0.704. The highest BCUT2D eigenvalue weighted by Crippen LogP contribution is 2.19. The summed E-state index contributed by atoms with van der Waals surface area (Å²) in [6.07, 6.45) is 8.34. The molecule has 0 aromatic heterocycles. The second kappa shape index (κ2) is 8.23. The Morgan fingerprint density at radius 2 is 1.74 bits per heavy atom. The van der Waals surface area contributed by atoms with Gasteiger partial charge in [0.2, 0.25) is 0 Å². The van der Waals surface area contributed by atoms with E-state index >= 15 is 0 Å². The minimum atomic E-state index is 0.704. The van der Waals surface area contributed by atoms with Crippen molar-refractivity contribution in [2.24, 2.45) is 5.92 Å². The molecule has 2 aliphatic heterocycles. The van der Waals surface area contributed by atoms with Crippen LogP contribution >= 0.6 is 0 Å². The number of rotatable bonds is 6. The maximum atomic E-state index is 3.76. The molecule has 19 heavy (non-hydrogen) atoms. The van der Waals surface area contributed by atoms with Crippen LogP contribution in [0.1, 0.15) is 45.4 Å². The third-order valence-corrected chi connectivity index (χ3v) is 5.04. The molecule has 1 unspecified atom stereocenters. The van der Waals surface area contributed by atoms with Crippen molar-refractivity contribution in [3.8, 4) is 0 Å². The van der Waals surface area contributed by atoms with E-state index in [1.807, 2.05) is 0 Å². The van der Waals surface area contributed by atoms with Gasteiger partial charge in [0.25, 0.3) is 0 Å². The van der Waals surface area contributed by atoms with E-state index < -0.39 is 0 Å². The smallest absolute Gasteiger partial charge is 0.00679 e. The lowest BCUT2D eigenvalue weighted by atomic mass is 9.90. The third kappa shape index (κ3) is 5.41. The molecular weight excluding hydrogens is 234 g/mol. The zero-order valence-corrected chi connectivity index (χ0v) is 13.0. The molecular formula is C16H33N3. The molecule has 0 aliphatic carbocycles. The fraction of sp³-hybridized carbons (Fsp3) is 1.00. The molecule has 112 valence electrons. The van der Waals surface area contributed by atoms with E-state index in [9.17, 15) is 0 Å². The number of hydrogen-bond acceptors (Lipinski definition) is 3. The van der Waals surface area contributed by atoms with Crippen LogP contribution in [0, 0.1) is 5.92 Å². The van der Waals surface area contributed by atoms with E-state index in [1.54, 1.807) is 0 Å². The van der Waals surface area contributed by atoms with Crippen LogP contribution in [-0.4, -0.2) is 62.2 Å². The summed E-state index contributed by atoms with van der Waals surface area (Å²) in [5.74, 6) is 0.895. The Labute approximate surface area is 119 Å². The first-order valence-electron chi connectivity index (χ1n) is 8.40. The number of piperidine rings is 2. The van der Waals surface area contributed by atoms with Crippen molar-refractivity contribution in [1.82, 2.24) is 15.1 Å². The lowest BCUT2D eigenvalue weighted by molar-refractivity contribution is 0.186. The number of likely N-dealkylation sites (tertiary alicyclic amines) is 2. The summed E-state index contributed by atoms with van der Waals surface area (Å²) in [5, 5.41) is 3.76. The van der Waals surface area contributed by atoms with Crippen LogP contribution in [0.4, 0.5) is 0 Å². The third-order valence-electron chi connectivity index (χ3n) is 5.04. The molecule has 0 spiro atoms. The molecule has 2 heterocycles. The van der Waals surface area contributed by atoms with Gasteiger partial charge in [0.1, 0.15) is 0 Å². The van der Waals surface area contributed by atoms with Crippen LogP contribution < -0.4 is 5.32 Å². The summed E-state index contributed by atoms with van der Waals surface area (Å²) in [6, 6.07) is 0.704. The topological polar surface area (TPSA) is 18.5 Å². The Bertz CT molecular complexity index is 230. The normalized spacial score (nSPS) is 25.6. The quantitative estimate of drug-likeness (QED) is 0.744. The second-order valence-electron chi connectivity index (χ2n) is 6.64. The van der Waals surface area contributed by atoms with Crippen molar-refractivity contribution < 1.29 is 0 Å². The fourth-order valence-electron chi connectivity index (χ4n) is 3.51. The molecule has 0 amide bonds. The maximum Gasteiger partial charge on any atom is 0.00679 e. The first-order valence-corrected chi connectivity index (χ1v) is 8.40. The molecule has 0 bridgehead atoms. The molecule has 2 rings (SSSR count). The van der Waals surface area contributed by atoms with Gasteiger partial charge in [-0.3, -0.25) is 0 Å². The highest BCUT2D eigenvalue weighted by molar-refractivity contribution is 4.78. The summed E-state index contributed by atoms with van der Waals surface area (Å²) in [5.41, 5.74) is 0. The van der Waals surface area contributed by atoms with E-state index in [-0.39, 0.29) is 0 Å². The molecule has 1 atom stereocenters. The van der Waals surface area contributed by atoms with Crippen LogP contribution in [0.25, 0.3) is 0 Å². The SMILES string of the molecule is CC(NCCCN1CCCCC1)C1CCN(C)CC1. The van der Waals surface area contributed by atoms with Gasteiger partial charge in [0.15, 0.2) is 0 Å². The van der Waals surface area contributed by atoms with Crippen molar-refractivity contribution in [2.75, 3.05) is 46.3 Å². The number of hydrogen-bond donors (Lipinski definition) is 1. The van der Waals surface area contributed by atoms with E-state index in [2.05, 4.69) is 29.1 Å². The van der Waals surface area contributed by atoms with Gasteiger partial charge in [-0.1, -0.05) is 6.42 Å². The summed E-state index contributed by atoms with van der Waals surface area (Å²) < 4.78 is 0. The van der Waals surface area contributed by atoms with Gasteiger partial charge in [-0.15, -0.1) is 0 Å². The standard InChI is InChI=1S/C16H33N3/c1-15(16-7-13-18(2)14-8-16)17-9-6-12-19-10-4-3-5-11-19/h15-17H,3-14H2,1-2H3. The number of nitrogens with one attached hydrogen (secondary N) is 1. The van der Waals surface area contributed by atoms with Crippen LogP contribution in [-0.2, 0) is 0 Å². The molecule has 3 nitrogen and oxygen atoms in total. The van der Waals surface area contributed by atoms with Gasteiger partial charge in [0, 0.05) is 6.04 Å². The highest BCUT2D eigenvalue weighted by Gasteiger charge is 2.21. The molecule has 0 aromatic rings. The monoisotopic (exact) mass is 267 g/mol. The molecule has 2 saturated heterocycles. The Morgan fingerprint density at radius 3 is 2.42 bits per heavy atom. The zero-order chi connectivity index (χ0) is 13.5. The van der Waals surface area contributed by atoms with E-state index in [1.165, 1.54) is 77.8 Å². The van der Waals surface area contributed by atoms with Crippen LogP contribution in [0.3, 0.4) is 0 Å². The summed E-state index contributed by atoms with van der Waals surface area (Å²) in [6.45, 7) is 10.1. The average molecular weight is 267 g/mol. The Balaban J connectivity index is 1.52. The first kappa shape index (κ1) is 15.3. The second-order valence-corrected chi connectivity index (χ2v) is 6.64. The Morgan fingerprint density at radius 1 is 1.05 bits per heavy atom. The summed E-state index contributed by atoms with van der Waals surface area (Å²) >= 11 is 0. The van der Waals surface area contributed by atoms with Crippen LogP contribution in [0.5, 0.6) is 0 Å². The molecule has 2 aliphatic rings. The molecule has 0 saturated carbocycles. The summed E-state index contributed by atoms with van der Waals surface area (Å²) in [7, 11) is 2.24. The van der Waals surface area contributed by atoms with Gasteiger partial charge in [-0.25, -0.2) is 0 Å². The lowest BCUT2D eigenvalue weighted by Gasteiger charge is -2.33. The zero-order valence-electron chi connectivity index (χ0n) is 13.0. The largest absolute Gasteiger partial charge is 0.314 e. The predicted molar refractivity (Wildman–Crippen MR) is 82.6 cm³/mol. The molecule has 1 N–H and O–H groups in total. The predicted octanol–water partition coefficient (Wildman–Crippen LogP) is 2.18. The van der Waals surface area contributed by atoms with Gasteiger partial charge in [0.05, 0.1) is 0 Å². The van der Waals surface area contributed by atoms with Gasteiger partial charge < -0.3 is 15.1 Å². The van der Waals surface area contributed by atoms with Gasteiger partial charge >= 0.3 is 0 Å². The van der Waals surface area contributed by atoms with Crippen molar-refractivity contribution in [2.45, 2.75) is 51.5 Å². The maximum absolute atomic E-state index is 3.76. The summed E-state index contributed by atoms with van der Waals surface area (Å²) in [4.78, 5) is 5.10. The van der Waals surface area contributed by atoms with Crippen molar-refractivity contribution in [3.05, 3.63) is 0 Å². The molecule has 2 fully saturated rings. The number of nitrogens with zero attached hydrogens (tertiary/aromatic N) is 2. The van der Waals surface area contributed by atoms with E-state index in [0.717, 1.165) is 5.92 Å².